The Labute approximate surface area is 130 Å². The van der Waals surface area contributed by atoms with Crippen LogP contribution in [0.1, 0.15) is 13.8 Å². The summed E-state index contributed by atoms with van der Waals surface area (Å²) in [4.78, 5) is 0.114. The zero-order chi connectivity index (χ0) is 14.8. The molecule has 1 aromatic carbocycles. The Morgan fingerprint density at radius 2 is 1.90 bits per heavy atom. The van der Waals surface area contributed by atoms with Crippen LogP contribution in [0.15, 0.2) is 47.6 Å². The van der Waals surface area contributed by atoms with Crippen LogP contribution in [-0.2, 0) is 10.0 Å². The molecule has 1 heterocycles. The maximum Gasteiger partial charge on any atom is 0.244 e. The van der Waals surface area contributed by atoms with Crippen molar-refractivity contribution < 1.29 is 8.42 Å². The van der Waals surface area contributed by atoms with Crippen molar-refractivity contribution in [2.45, 2.75) is 24.3 Å². The minimum absolute atomic E-state index is 0. The van der Waals surface area contributed by atoms with E-state index < -0.39 is 15.6 Å². The summed E-state index contributed by atoms with van der Waals surface area (Å²) in [6.45, 7) is 3.66. The Balaban J connectivity index is 0.00000220. The highest BCUT2D eigenvalue weighted by Crippen LogP contribution is 2.14. The van der Waals surface area contributed by atoms with Crippen LogP contribution in [0.5, 0.6) is 0 Å². The van der Waals surface area contributed by atoms with Crippen molar-refractivity contribution in [3.63, 3.8) is 0 Å². The Hall–Kier alpha value is -1.41. The van der Waals surface area contributed by atoms with Crippen molar-refractivity contribution in [2.75, 3.05) is 6.54 Å². The van der Waals surface area contributed by atoms with E-state index in [4.69, 9.17) is 5.73 Å². The summed E-state index contributed by atoms with van der Waals surface area (Å²) < 4.78 is 28.5. The average molecular weight is 331 g/mol. The average Bonchev–Trinajstić information content (AvgIpc) is 2.89. The second kappa shape index (κ2) is 6.57. The summed E-state index contributed by atoms with van der Waals surface area (Å²) in [5.74, 6) is 0. The first-order valence-corrected chi connectivity index (χ1v) is 7.66. The van der Waals surface area contributed by atoms with Crippen LogP contribution in [-0.4, -0.2) is 30.3 Å². The fourth-order valence-corrected chi connectivity index (χ4v) is 2.98. The first-order valence-electron chi connectivity index (χ1n) is 6.18. The van der Waals surface area contributed by atoms with E-state index in [0.717, 1.165) is 5.69 Å². The Morgan fingerprint density at radius 1 is 1.29 bits per heavy atom. The number of halogens is 1. The van der Waals surface area contributed by atoms with Crippen molar-refractivity contribution in [1.82, 2.24) is 14.5 Å². The van der Waals surface area contributed by atoms with Gasteiger partial charge in [0.2, 0.25) is 10.0 Å². The van der Waals surface area contributed by atoms with Gasteiger partial charge in [-0.3, -0.25) is 0 Å². The number of para-hydroxylation sites is 1. The maximum absolute atomic E-state index is 12.2. The van der Waals surface area contributed by atoms with Crippen molar-refractivity contribution >= 4 is 22.4 Å². The number of benzene rings is 1. The lowest BCUT2D eigenvalue weighted by atomic mass is 10.1. The van der Waals surface area contributed by atoms with Crippen molar-refractivity contribution in [3.8, 4) is 5.69 Å². The van der Waals surface area contributed by atoms with Gasteiger partial charge >= 0.3 is 0 Å². The smallest absolute Gasteiger partial charge is 0.244 e. The fraction of sp³-hybridized carbons (Fsp3) is 0.308. The minimum atomic E-state index is -3.63. The Bertz CT molecular complexity index is 683. The molecule has 3 N–H and O–H groups in total. The third-order valence-electron chi connectivity index (χ3n) is 2.81. The van der Waals surface area contributed by atoms with Gasteiger partial charge in [-0.25, -0.2) is 17.8 Å². The van der Waals surface area contributed by atoms with Crippen LogP contribution in [0.4, 0.5) is 0 Å². The van der Waals surface area contributed by atoms with Gasteiger partial charge in [-0.05, 0) is 26.0 Å². The predicted octanol–water partition coefficient (Wildman–Crippen LogP) is 1.31. The van der Waals surface area contributed by atoms with E-state index in [2.05, 4.69) is 9.82 Å². The standard InChI is InChI=1S/C13H18N4O2S.ClH/c1-13(2,10-14)16-20(18,19)12-8-15-17(9-12)11-6-4-3-5-7-11;/h3-9,16H,10,14H2,1-2H3;1H. The lowest BCUT2D eigenvalue weighted by molar-refractivity contribution is 0.462. The predicted molar refractivity (Wildman–Crippen MR) is 84.3 cm³/mol. The van der Waals surface area contributed by atoms with E-state index in [9.17, 15) is 8.42 Å². The SMILES string of the molecule is CC(C)(CN)NS(=O)(=O)c1cnn(-c2ccccc2)c1.Cl. The quantitative estimate of drug-likeness (QED) is 0.865. The highest BCUT2D eigenvalue weighted by Gasteiger charge is 2.26. The molecule has 0 amide bonds. The zero-order valence-corrected chi connectivity index (χ0v) is 13.5. The van der Waals surface area contributed by atoms with Gasteiger partial charge in [0.15, 0.2) is 0 Å². The van der Waals surface area contributed by atoms with Gasteiger partial charge in [-0.2, -0.15) is 5.10 Å². The monoisotopic (exact) mass is 330 g/mol. The van der Waals surface area contributed by atoms with Crippen molar-refractivity contribution in [3.05, 3.63) is 42.7 Å². The lowest BCUT2D eigenvalue weighted by Gasteiger charge is -2.23. The molecular formula is C13H19ClN4O2S. The summed E-state index contributed by atoms with van der Waals surface area (Å²) in [5.41, 5.74) is 5.64. The molecule has 1 aromatic heterocycles. The second-order valence-corrected chi connectivity index (χ2v) is 6.83. The van der Waals surface area contributed by atoms with Crippen LogP contribution in [0, 0.1) is 0 Å². The topological polar surface area (TPSA) is 90.0 Å². The van der Waals surface area contributed by atoms with Gasteiger partial charge in [0, 0.05) is 12.1 Å². The third-order valence-corrected chi connectivity index (χ3v) is 4.46. The molecule has 21 heavy (non-hydrogen) atoms. The summed E-state index contributed by atoms with van der Waals surface area (Å²) in [5, 5.41) is 4.07. The van der Waals surface area contributed by atoms with Gasteiger partial charge in [-0.1, -0.05) is 18.2 Å². The van der Waals surface area contributed by atoms with E-state index in [1.54, 1.807) is 13.8 Å². The van der Waals surface area contributed by atoms with Gasteiger partial charge in [0.1, 0.15) is 4.90 Å². The number of nitrogens with zero attached hydrogens (tertiary/aromatic N) is 2. The lowest BCUT2D eigenvalue weighted by Crippen LogP contribution is -2.48. The molecule has 116 valence electrons. The normalized spacial score (nSPS) is 12.0. The molecule has 0 unspecified atom stereocenters. The van der Waals surface area contributed by atoms with E-state index in [0.29, 0.717) is 0 Å². The number of hydrogen-bond acceptors (Lipinski definition) is 4. The molecule has 0 saturated carbocycles. The van der Waals surface area contributed by atoms with Gasteiger partial charge in [0.05, 0.1) is 18.1 Å². The zero-order valence-electron chi connectivity index (χ0n) is 11.9. The number of sulfonamides is 1. The first-order chi connectivity index (χ1) is 9.34. The fourth-order valence-electron chi connectivity index (χ4n) is 1.63. The molecule has 2 rings (SSSR count). The number of nitrogens with two attached hydrogens (primary N) is 1. The van der Waals surface area contributed by atoms with Gasteiger partial charge in [0.25, 0.3) is 0 Å². The number of nitrogens with one attached hydrogen (secondary N) is 1. The summed E-state index contributed by atoms with van der Waals surface area (Å²) in [6.07, 6.45) is 2.80. The van der Waals surface area contributed by atoms with Crippen LogP contribution in [0.2, 0.25) is 0 Å². The maximum atomic E-state index is 12.2. The summed E-state index contributed by atoms with van der Waals surface area (Å²) >= 11 is 0. The highest BCUT2D eigenvalue weighted by molar-refractivity contribution is 7.89. The molecule has 0 atom stereocenters. The molecule has 2 aromatic rings. The van der Waals surface area contributed by atoms with Gasteiger partial charge < -0.3 is 5.73 Å². The minimum Gasteiger partial charge on any atom is -0.329 e. The summed E-state index contributed by atoms with van der Waals surface area (Å²) in [7, 11) is -3.63. The molecule has 0 aliphatic carbocycles. The Morgan fingerprint density at radius 3 is 2.48 bits per heavy atom. The highest BCUT2D eigenvalue weighted by atomic mass is 35.5. The molecular weight excluding hydrogens is 312 g/mol. The largest absolute Gasteiger partial charge is 0.329 e. The van der Waals surface area contributed by atoms with Crippen molar-refractivity contribution in [1.29, 1.82) is 0 Å². The molecule has 6 nitrogen and oxygen atoms in total. The summed E-state index contributed by atoms with van der Waals surface area (Å²) in [6, 6.07) is 9.30. The van der Waals surface area contributed by atoms with Gasteiger partial charge in [-0.15, -0.1) is 12.4 Å². The molecule has 8 heteroatoms. The van der Waals surface area contributed by atoms with Crippen LogP contribution >= 0.6 is 12.4 Å². The number of aromatic nitrogens is 2. The van der Waals surface area contributed by atoms with E-state index >= 15 is 0 Å². The van der Waals surface area contributed by atoms with Crippen LogP contribution < -0.4 is 10.5 Å². The van der Waals surface area contributed by atoms with Crippen LogP contribution in [0.25, 0.3) is 5.69 Å². The molecule has 0 radical (unpaired) electrons. The second-order valence-electron chi connectivity index (χ2n) is 5.15. The number of rotatable bonds is 5. The van der Waals surface area contributed by atoms with E-state index in [1.807, 2.05) is 30.3 Å². The van der Waals surface area contributed by atoms with E-state index in [-0.39, 0.29) is 23.8 Å². The van der Waals surface area contributed by atoms with Crippen LogP contribution in [0.3, 0.4) is 0 Å². The molecule has 0 aliphatic heterocycles. The molecule has 0 aliphatic rings. The van der Waals surface area contributed by atoms with Crippen molar-refractivity contribution in [2.24, 2.45) is 5.73 Å². The molecule has 0 fully saturated rings. The number of hydrogen-bond donors (Lipinski definition) is 2. The molecule has 0 saturated heterocycles. The molecule has 0 bridgehead atoms. The first kappa shape index (κ1) is 17.6. The van der Waals surface area contributed by atoms with E-state index in [1.165, 1.54) is 17.1 Å². The molecule has 0 spiro atoms. The Kier molecular flexibility index (Phi) is 5.52. The third kappa shape index (κ3) is 4.28.